The average Bonchev–Trinajstić information content (AvgIpc) is 3.24. The first kappa shape index (κ1) is 18.7. The van der Waals surface area contributed by atoms with Crippen LogP contribution >= 0.6 is 11.6 Å². The van der Waals surface area contributed by atoms with E-state index < -0.39 is 9.84 Å². The molecular weight excluding hydrogens is 352 g/mol. The largest absolute Gasteiger partial charge is 0.355 e. The standard InChI is InChI=1S/C16H21ClN2O4S/c1-11-10-14(11)16(21)19-7-6-15(20)18-8-9-24(22,23)13-4-2-12(17)3-5-13/h2-5,11,14H,6-10H2,1H3,(H,18,20)(H,19,21)/t11-,14-/m0/s1. The SMILES string of the molecule is C[C@H]1C[C@@H]1C(=O)NCCC(=O)NCCS(=O)(=O)c1ccc(Cl)cc1. The number of amides is 2. The molecule has 132 valence electrons. The van der Waals surface area contributed by atoms with Crippen LogP contribution in [-0.4, -0.2) is 39.1 Å². The van der Waals surface area contributed by atoms with E-state index in [9.17, 15) is 18.0 Å². The summed E-state index contributed by atoms with van der Waals surface area (Å²) in [4.78, 5) is 23.4. The van der Waals surface area contributed by atoms with Crippen LogP contribution in [-0.2, 0) is 19.4 Å². The van der Waals surface area contributed by atoms with Gasteiger partial charge in [0.1, 0.15) is 0 Å². The number of hydrogen-bond acceptors (Lipinski definition) is 4. The third-order valence-electron chi connectivity index (χ3n) is 3.96. The second-order valence-electron chi connectivity index (χ2n) is 5.98. The van der Waals surface area contributed by atoms with Crippen LogP contribution in [0.1, 0.15) is 19.8 Å². The van der Waals surface area contributed by atoms with Crippen molar-refractivity contribution in [2.24, 2.45) is 11.8 Å². The Bertz CT molecular complexity index is 703. The van der Waals surface area contributed by atoms with Gasteiger partial charge >= 0.3 is 0 Å². The van der Waals surface area contributed by atoms with Crippen molar-refractivity contribution in [3.63, 3.8) is 0 Å². The summed E-state index contributed by atoms with van der Waals surface area (Å²) in [5, 5.41) is 5.73. The van der Waals surface area contributed by atoms with Crippen molar-refractivity contribution in [1.82, 2.24) is 10.6 Å². The van der Waals surface area contributed by atoms with Crippen LogP contribution in [0.15, 0.2) is 29.2 Å². The van der Waals surface area contributed by atoms with Crippen molar-refractivity contribution < 1.29 is 18.0 Å². The Hall–Kier alpha value is -1.60. The van der Waals surface area contributed by atoms with Gasteiger partial charge in [0.25, 0.3) is 0 Å². The molecule has 0 saturated heterocycles. The molecular formula is C16H21ClN2O4S. The quantitative estimate of drug-likeness (QED) is 0.721. The summed E-state index contributed by atoms with van der Waals surface area (Å²) in [6.45, 7) is 2.30. The minimum absolute atomic E-state index is 0.0133. The van der Waals surface area contributed by atoms with E-state index in [-0.39, 0.29) is 47.9 Å². The fraction of sp³-hybridized carbons (Fsp3) is 0.500. The molecule has 1 saturated carbocycles. The first-order valence-electron chi connectivity index (χ1n) is 7.82. The summed E-state index contributed by atoms with van der Waals surface area (Å²) in [5.74, 6) is 0.0207. The Morgan fingerprint density at radius 3 is 2.38 bits per heavy atom. The normalized spacial score (nSPS) is 19.6. The molecule has 2 amide bonds. The zero-order chi connectivity index (χ0) is 17.7. The number of rotatable bonds is 8. The van der Waals surface area contributed by atoms with Crippen molar-refractivity contribution in [2.45, 2.75) is 24.7 Å². The number of nitrogens with one attached hydrogen (secondary N) is 2. The molecule has 0 bridgehead atoms. The topological polar surface area (TPSA) is 92.3 Å². The molecule has 0 aromatic heterocycles. The zero-order valence-corrected chi connectivity index (χ0v) is 15.0. The van der Waals surface area contributed by atoms with Gasteiger partial charge < -0.3 is 10.6 Å². The molecule has 1 fully saturated rings. The minimum atomic E-state index is -3.46. The first-order chi connectivity index (χ1) is 11.3. The molecule has 8 heteroatoms. The molecule has 2 atom stereocenters. The van der Waals surface area contributed by atoms with Gasteiger partial charge in [-0.2, -0.15) is 0 Å². The van der Waals surface area contributed by atoms with Gasteiger partial charge in [-0.1, -0.05) is 18.5 Å². The molecule has 2 rings (SSSR count). The minimum Gasteiger partial charge on any atom is -0.355 e. The van der Waals surface area contributed by atoms with E-state index in [1.54, 1.807) is 0 Å². The van der Waals surface area contributed by atoms with Crippen LogP contribution in [0.3, 0.4) is 0 Å². The van der Waals surface area contributed by atoms with E-state index in [1.165, 1.54) is 24.3 Å². The van der Waals surface area contributed by atoms with Gasteiger partial charge in [0.15, 0.2) is 9.84 Å². The summed E-state index contributed by atoms with van der Waals surface area (Å²) < 4.78 is 24.2. The van der Waals surface area contributed by atoms with Gasteiger partial charge in [0.05, 0.1) is 10.6 Å². The zero-order valence-electron chi connectivity index (χ0n) is 13.4. The van der Waals surface area contributed by atoms with Gasteiger partial charge in [0.2, 0.25) is 11.8 Å². The summed E-state index contributed by atoms with van der Waals surface area (Å²) in [7, 11) is -3.46. The number of hydrogen-bond donors (Lipinski definition) is 2. The van der Waals surface area contributed by atoms with Crippen LogP contribution < -0.4 is 10.6 Å². The van der Waals surface area contributed by atoms with Gasteiger partial charge in [-0.3, -0.25) is 9.59 Å². The van der Waals surface area contributed by atoms with Crippen LogP contribution in [0.25, 0.3) is 0 Å². The van der Waals surface area contributed by atoms with Gasteiger partial charge in [0, 0.05) is 30.5 Å². The molecule has 24 heavy (non-hydrogen) atoms. The van der Waals surface area contributed by atoms with Gasteiger partial charge in [-0.05, 0) is 36.6 Å². The van der Waals surface area contributed by atoms with E-state index in [4.69, 9.17) is 11.6 Å². The molecule has 2 N–H and O–H groups in total. The van der Waals surface area contributed by atoms with E-state index in [0.29, 0.717) is 10.9 Å². The maximum absolute atomic E-state index is 12.1. The Kier molecular flexibility index (Phi) is 6.23. The van der Waals surface area contributed by atoms with E-state index in [2.05, 4.69) is 10.6 Å². The lowest BCUT2D eigenvalue weighted by atomic mass is 10.3. The molecule has 1 aliphatic rings. The number of benzene rings is 1. The highest BCUT2D eigenvalue weighted by Gasteiger charge is 2.38. The highest BCUT2D eigenvalue weighted by Crippen LogP contribution is 2.37. The molecule has 0 radical (unpaired) electrons. The predicted octanol–water partition coefficient (Wildman–Crippen LogP) is 1.39. The van der Waals surface area contributed by atoms with Crippen LogP contribution in [0, 0.1) is 11.8 Å². The lowest BCUT2D eigenvalue weighted by Crippen LogP contribution is -2.33. The number of halogens is 1. The van der Waals surface area contributed by atoms with Crippen molar-refractivity contribution in [1.29, 1.82) is 0 Å². The number of carbonyl (C=O) groups is 2. The second kappa shape index (κ2) is 7.98. The Morgan fingerprint density at radius 1 is 1.17 bits per heavy atom. The van der Waals surface area contributed by atoms with Crippen LogP contribution in [0.4, 0.5) is 0 Å². The second-order valence-corrected chi connectivity index (χ2v) is 8.53. The summed E-state index contributed by atoms with van der Waals surface area (Å²) >= 11 is 5.73. The fourth-order valence-corrected chi connectivity index (χ4v) is 3.57. The molecule has 1 aromatic carbocycles. The van der Waals surface area contributed by atoms with Crippen molar-refractivity contribution in [3.8, 4) is 0 Å². The lowest BCUT2D eigenvalue weighted by molar-refractivity contribution is -0.123. The average molecular weight is 373 g/mol. The lowest BCUT2D eigenvalue weighted by Gasteiger charge is -2.08. The van der Waals surface area contributed by atoms with Crippen LogP contribution in [0.2, 0.25) is 5.02 Å². The number of sulfone groups is 1. The predicted molar refractivity (Wildman–Crippen MR) is 91.4 cm³/mol. The fourth-order valence-electron chi connectivity index (χ4n) is 2.29. The van der Waals surface area contributed by atoms with E-state index >= 15 is 0 Å². The molecule has 0 aliphatic heterocycles. The van der Waals surface area contributed by atoms with Gasteiger partial charge in [-0.25, -0.2) is 8.42 Å². The summed E-state index contributed by atoms with van der Waals surface area (Å²) in [6, 6.07) is 5.90. The Balaban J connectivity index is 1.66. The van der Waals surface area contributed by atoms with Gasteiger partial charge in [-0.15, -0.1) is 0 Å². The summed E-state index contributed by atoms with van der Waals surface area (Å²) in [5.41, 5.74) is 0. The Morgan fingerprint density at radius 2 is 1.79 bits per heavy atom. The van der Waals surface area contributed by atoms with Crippen molar-refractivity contribution in [3.05, 3.63) is 29.3 Å². The van der Waals surface area contributed by atoms with E-state index in [0.717, 1.165) is 6.42 Å². The monoisotopic (exact) mass is 372 g/mol. The highest BCUT2D eigenvalue weighted by molar-refractivity contribution is 7.91. The maximum atomic E-state index is 12.1. The third kappa shape index (κ3) is 5.49. The van der Waals surface area contributed by atoms with Crippen molar-refractivity contribution >= 4 is 33.3 Å². The molecule has 0 spiro atoms. The highest BCUT2D eigenvalue weighted by atomic mass is 35.5. The smallest absolute Gasteiger partial charge is 0.223 e. The maximum Gasteiger partial charge on any atom is 0.223 e. The third-order valence-corrected chi connectivity index (χ3v) is 5.95. The van der Waals surface area contributed by atoms with Crippen molar-refractivity contribution in [2.75, 3.05) is 18.8 Å². The van der Waals surface area contributed by atoms with Crippen LogP contribution in [0.5, 0.6) is 0 Å². The molecule has 0 unspecified atom stereocenters. The summed E-state index contributed by atoms with van der Waals surface area (Å²) in [6.07, 6.45) is 1.04. The molecule has 6 nitrogen and oxygen atoms in total. The van der Waals surface area contributed by atoms with E-state index in [1.807, 2.05) is 6.92 Å². The molecule has 1 aliphatic carbocycles. The first-order valence-corrected chi connectivity index (χ1v) is 9.85. The molecule has 1 aromatic rings. The molecule has 0 heterocycles. The number of carbonyl (C=O) groups excluding carboxylic acids is 2. The Labute approximate surface area is 146 Å².